The van der Waals surface area contributed by atoms with Crippen molar-refractivity contribution in [3.63, 3.8) is 0 Å². The SMILES string of the molecule is O=C(c1cccs1)N1CC(=O)N2CCc3sccc3C2C1. The Hall–Kier alpha value is -1.66. The second-order valence-electron chi connectivity index (χ2n) is 5.32. The lowest BCUT2D eigenvalue weighted by molar-refractivity contribution is -0.139. The molecule has 0 N–H and O–H groups in total. The number of piperazine rings is 1. The Labute approximate surface area is 130 Å². The highest BCUT2D eigenvalue weighted by Gasteiger charge is 2.39. The number of thiophene rings is 2. The molecule has 0 aliphatic carbocycles. The molecule has 6 heteroatoms. The van der Waals surface area contributed by atoms with Gasteiger partial charge < -0.3 is 9.80 Å². The summed E-state index contributed by atoms with van der Waals surface area (Å²) in [6.45, 7) is 1.58. The van der Waals surface area contributed by atoms with Crippen LogP contribution in [0.3, 0.4) is 0 Å². The Morgan fingerprint density at radius 2 is 2.14 bits per heavy atom. The smallest absolute Gasteiger partial charge is 0.264 e. The summed E-state index contributed by atoms with van der Waals surface area (Å²) in [5.74, 6) is 0.0355. The number of fused-ring (bicyclic) bond motifs is 3. The van der Waals surface area contributed by atoms with Crippen LogP contribution in [0, 0.1) is 0 Å². The van der Waals surface area contributed by atoms with E-state index in [1.807, 2.05) is 22.4 Å². The van der Waals surface area contributed by atoms with Crippen LogP contribution in [0.4, 0.5) is 0 Å². The molecule has 1 fully saturated rings. The highest BCUT2D eigenvalue weighted by molar-refractivity contribution is 7.12. The Kier molecular flexibility index (Phi) is 3.08. The van der Waals surface area contributed by atoms with Crippen LogP contribution >= 0.6 is 22.7 Å². The fourth-order valence-corrected chi connectivity index (χ4v) is 4.75. The third-order valence-electron chi connectivity index (χ3n) is 4.15. The van der Waals surface area contributed by atoms with Crippen LogP contribution in [0.15, 0.2) is 29.0 Å². The van der Waals surface area contributed by atoms with E-state index in [0.717, 1.165) is 13.0 Å². The molecule has 0 radical (unpaired) electrons. The number of carbonyl (C=O) groups excluding carboxylic acids is 2. The molecule has 2 aliphatic rings. The summed E-state index contributed by atoms with van der Waals surface area (Å²) in [4.78, 5) is 30.6. The molecule has 2 aromatic heterocycles. The lowest BCUT2D eigenvalue weighted by atomic mass is 9.97. The van der Waals surface area contributed by atoms with Gasteiger partial charge in [-0.15, -0.1) is 22.7 Å². The average Bonchev–Trinajstić information content (AvgIpc) is 3.17. The van der Waals surface area contributed by atoms with E-state index < -0.39 is 0 Å². The summed E-state index contributed by atoms with van der Waals surface area (Å²) in [5.41, 5.74) is 1.23. The zero-order chi connectivity index (χ0) is 14.4. The van der Waals surface area contributed by atoms with Gasteiger partial charge >= 0.3 is 0 Å². The van der Waals surface area contributed by atoms with Crippen molar-refractivity contribution < 1.29 is 9.59 Å². The van der Waals surface area contributed by atoms with Crippen molar-refractivity contribution in [2.24, 2.45) is 0 Å². The Morgan fingerprint density at radius 1 is 1.24 bits per heavy atom. The monoisotopic (exact) mass is 318 g/mol. The number of nitrogens with zero attached hydrogens (tertiary/aromatic N) is 2. The maximum Gasteiger partial charge on any atom is 0.264 e. The molecular formula is C15H14N2O2S2. The van der Waals surface area contributed by atoms with E-state index in [2.05, 4.69) is 11.4 Å². The van der Waals surface area contributed by atoms with Gasteiger partial charge in [0.25, 0.3) is 5.91 Å². The molecule has 1 unspecified atom stereocenters. The van der Waals surface area contributed by atoms with E-state index in [9.17, 15) is 9.59 Å². The Balaban J connectivity index is 1.64. The van der Waals surface area contributed by atoms with Gasteiger partial charge in [-0.25, -0.2) is 0 Å². The third kappa shape index (κ3) is 2.10. The molecule has 2 aliphatic heterocycles. The van der Waals surface area contributed by atoms with Crippen molar-refractivity contribution in [2.45, 2.75) is 12.5 Å². The summed E-state index contributed by atoms with van der Waals surface area (Å²) in [6, 6.07) is 5.82. The van der Waals surface area contributed by atoms with Crippen molar-refractivity contribution >= 4 is 34.5 Å². The summed E-state index contributed by atoms with van der Waals surface area (Å²) in [5, 5.41) is 3.97. The van der Waals surface area contributed by atoms with E-state index in [1.54, 1.807) is 16.2 Å². The molecule has 4 rings (SSSR count). The molecule has 2 amide bonds. The fourth-order valence-electron chi connectivity index (χ4n) is 3.13. The molecule has 0 aromatic carbocycles. The largest absolute Gasteiger partial charge is 0.332 e. The van der Waals surface area contributed by atoms with Crippen LogP contribution in [0.5, 0.6) is 0 Å². The van der Waals surface area contributed by atoms with Gasteiger partial charge in [0, 0.05) is 18.0 Å². The maximum atomic E-state index is 12.5. The van der Waals surface area contributed by atoms with Crippen LogP contribution in [0.2, 0.25) is 0 Å². The van der Waals surface area contributed by atoms with Gasteiger partial charge in [-0.05, 0) is 34.9 Å². The van der Waals surface area contributed by atoms with E-state index in [1.165, 1.54) is 21.8 Å². The number of amides is 2. The van der Waals surface area contributed by atoms with Gasteiger partial charge in [-0.2, -0.15) is 0 Å². The first kappa shape index (κ1) is 13.0. The van der Waals surface area contributed by atoms with Crippen LogP contribution in [-0.2, 0) is 11.2 Å². The quantitative estimate of drug-likeness (QED) is 0.810. The summed E-state index contributed by atoms with van der Waals surface area (Å²) in [7, 11) is 0. The van der Waals surface area contributed by atoms with Gasteiger partial charge in [0.15, 0.2) is 0 Å². The molecule has 4 heterocycles. The van der Waals surface area contributed by atoms with Crippen LogP contribution in [-0.4, -0.2) is 41.2 Å². The third-order valence-corrected chi connectivity index (χ3v) is 6.01. The Morgan fingerprint density at radius 3 is 2.95 bits per heavy atom. The molecular weight excluding hydrogens is 304 g/mol. The molecule has 0 spiro atoms. The number of hydrogen-bond donors (Lipinski definition) is 0. The normalized spacial score (nSPS) is 21.1. The van der Waals surface area contributed by atoms with Crippen LogP contribution < -0.4 is 0 Å². The molecule has 1 saturated heterocycles. The lowest BCUT2D eigenvalue weighted by Crippen LogP contribution is -2.55. The zero-order valence-electron chi connectivity index (χ0n) is 11.3. The molecule has 1 atom stereocenters. The van der Waals surface area contributed by atoms with Gasteiger partial charge in [0.1, 0.15) is 6.54 Å². The van der Waals surface area contributed by atoms with Crippen molar-refractivity contribution in [2.75, 3.05) is 19.6 Å². The summed E-state index contributed by atoms with van der Waals surface area (Å²) in [6.07, 6.45) is 0.939. The zero-order valence-corrected chi connectivity index (χ0v) is 13.0. The van der Waals surface area contributed by atoms with E-state index in [-0.39, 0.29) is 24.4 Å². The summed E-state index contributed by atoms with van der Waals surface area (Å²) < 4.78 is 0. The molecule has 108 valence electrons. The van der Waals surface area contributed by atoms with Crippen LogP contribution in [0.25, 0.3) is 0 Å². The first-order valence-electron chi connectivity index (χ1n) is 6.92. The van der Waals surface area contributed by atoms with Gasteiger partial charge in [0.2, 0.25) is 5.91 Å². The van der Waals surface area contributed by atoms with Crippen molar-refractivity contribution in [1.29, 1.82) is 0 Å². The minimum Gasteiger partial charge on any atom is -0.332 e. The van der Waals surface area contributed by atoms with Gasteiger partial charge in [0.05, 0.1) is 10.9 Å². The number of rotatable bonds is 1. The average molecular weight is 318 g/mol. The molecule has 0 bridgehead atoms. The summed E-state index contributed by atoms with van der Waals surface area (Å²) >= 11 is 3.18. The molecule has 0 saturated carbocycles. The second kappa shape index (κ2) is 4.96. The van der Waals surface area contributed by atoms with E-state index in [4.69, 9.17) is 0 Å². The Bertz CT molecular complexity index is 692. The van der Waals surface area contributed by atoms with Crippen molar-refractivity contribution in [1.82, 2.24) is 9.80 Å². The topological polar surface area (TPSA) is 40.6 Å². The van der Waals surface area contributed by atoms with Crippen molar-refractivity contribution in [3.8, 4) is 0 Å². The van der Waals surface area contributed by atoms with E-state index in [0.29, 0.717) is 11.4 Å². The predicted molar refractivity (Wildman–Crippen MR) is 82.7 cm³/mol. The molecule has 2 aromatic rings. The standard InChI is InChI=1S/C15H14N2O2S2/c18-14-9-16(15(19)13-2-1-6-20-13)8-11-10-4-7-21-12(10)3-5-17(11)14/h1-2,4,6-7,11H,3,5,8-9H2. The van der Waals surface area contributed by atoms with Gasteiger partial charge in [-0.3, -0.25) is 9.59 Å². The second-order valence-corrected chi connectivity index (χ2v) is 7.26. The highest BCUT2D eigenvalue weighted by Crippen LogP contribution is 2.36. The number of carbonyl (C=O) groups is 2. The highest BCUT2D eigenvalue weighted by atomic mass is 32.1. The van der Waals surface area contributed by atoms with Crippen LogP contribution in [0.1, 0.15) is 26.2 Å². The van der Waals surface area contributed by atoms with Gasteiger partial charge in [-0.1, -0.05) is 6.07 Å². The minimum absolute atomic E-state index is 0.0275. The minimum atomic E-state index is -0.0275. The lowest BCUT2D eigenvalue weighted by Gasteiger charge is -2.43. The number of hydrogen-bond acceptors (Lipinski definition) is 4. The van der Waals surface area contributed by atoms with Crippen molar-refractivity contribution in [3.05, 3.63) is 44.3 Å². The maximum absolute atomic E-state index is 12.5. The fraction of sp³-hybridized carbons (Fsp3) is 0.333. The molecule has 4 nitrogen and oxygen atoms in total. The first-order chi connectivity index (χ1) is 10.2. The van der Waals surface area contributed by atoms with E-state index >= 15 is 0 Å². The predicted octanol–water partition coefficient (Wildman–Crippen LogP) is 2.39. The first-order valence-corrected chi connectivity index (χ1v) is 8.68. The molecule has 21 heavy (non-hydrogen) atoms.